The number of amides is 1. The summed E-state index contributed by atoms with van der Waals surface area (Å²) in [6.07, 6.45) is 0.403. The highest BCUT2D eigenvalue weighted by Crippen LogP contribution is 2.27. The summed E-state index contributed by atoms with van der Waals surface area (Å²) in [5.74, 6) is -2.12. The quantitative estimate of drug-likeness (QED) is 0.222. The summed E-state index contributed by atoms with van der Waals surface area (Å²) in [5, 5.41) is 42.8. The Morgan fingerprint density at radius 3 is 2.54 bits per heavy atom. The van der Waals surface area contributed by atoms with Crippen LogP contribution in [0, 0.1) is 5.82 Å². The number of unbranched alkanes of at least 4 members (excludes halogenated alkanes) is 3. The van der Waals surface area contributed by atoms with Gasteiger partial charge in [0.05, 0.1) is 12.8 Å². The highest BCUT2D eigenvalue weighted by molar-refractivity contribution is 5.76. The fourth-order valence-electron chi connectivity index (χ4n) is 3.03. The molecule has 4 atom stereocenters. The smallest absolute Gasteiger partial charge is 0.359 e. The number of aromatic amines is 1. The van der Waals surface area contributed by atoms with Gasteiger partial charge in [0.25, 0.3) is 11.4 Å². The van der Waals surface area contributed by atoms with Crippen LogP contribution in [0.25, 0.3) is 0 Å². The molecule has 1 aliphatic rings. The highest BCUT2D eigenvalue weighted by atomic mass is 19.1. The third kappa shape index (κ3) is 7.25. The number of hydrogen-bond donors (Lipinski definition) is 6. The molecule has 0 saturated carbocycles. The van der Waals surface area contributed by atoms with Gasteiger partial charge in [-0.2, -0.15) is 19.2 Å². The summed E-state index contributed by atoms with van der Waals surface area (Å²) in [6.45, 7) is 1.98. The van der Waals surface area contributed by atoms with Crippen LogP contribution in [-0.4, -0.2) is 82.2 Å². The van der Waals surface area contributed by atoms with Crippen molar-refractivity contribution in [3.63, 3.8) is 0 Å². The zero-order valence-electron chi connectivity index (χ0n) is 18.7. The van der Waals surface area contributed by atoms with Gasteiger partial charge in [-0.25, -0.2) is 19.0 Å². The zero-order valence-corrected chi connectivity index (χ0v) is 18.7. The molecule has 1 aliphatic heterocycles. The molecule has 16 heteroatoms. The minimum absolute atomic E-state index is 0.410. The van der Waals surface area contributed by atoms with E-state index in [2.05, 4.69) is 22.3 Å². The first-order chi connectivity index (χ1) is 16.6. The molecule has 15 nitrogen and oxygen atoms in total. The number of rotatable bonds is 7. The predicted octanol–water partition coefficient (Wildman–Crippen LogP) is -2.23. The number of aromatic nitrogens is 5. The van der Waals surface area contributed by atoms with Gasteiger partial charge in [-0.1, -0.05) is 26.2 Å². The van der Waals surface area contributed by atoms with Gasteiger partial charge in [0, 0.05) is 6.54 Å². The molecule has 0 unspecified atom stereocenters. The standard InChI is InChI=1S/C11H16FN3O3.C8H11N3O6/c1-2-3-4-5-6-13-10(17)15-7-8(12)9(16)14-11(15)18;12-2-3-5(14)6(15)7(17-3)11-8(16)10-4(13)1-9-11/h7H,2-6H2,1H3,(H,13,17)(H,14,16,18);1,3,5-7,12,14-15H,2H2,(H,10,13,16)/t;3-,5-,6-,7-/m.1/s1. The number of H-pyrrole nitrogens is 1. The van der Waals surface area contributed by atoms with E-state index in [1.165, 1.54) is 0 Å². The summed E-state index contributed by atoms with van der Waals surface area (Å²) >= 11 is 0. The molecule has 0 spiro atoms. The summed E-state index contributed by atoms with van der Waals surface area (Å²) in [7, 11) is 0. The minimum Gasteiger partial charge on any atom is -0.491 e. The van der Waals surface area contributed by atoms with Crippen LogP contribution in [0.2, 0.25) is 0 Å². The van der Waals surface area contributed by atoms with Crippen molar-refractivity contribution in [2.24, 2.45) is 0 Å². The molecule has 6 N–H and O–H groups in total. The summed E-state index contributed by atoms with van der Waals surface area (Å²) in [6, 6.07) is -0.747. The van der Waals surface area contributed by atoms with Gasteiger partial charge in [0.15, 0.2) is 6.23 Å². The van der Waals surface area contributed by atoms with Gasteiger partial charge in [0.2, 0.25) is 5.82 Å². The molecule has 0 radical (unpaired) electrons. The van der Waals surface area contributed by atoms with E-state index in [4.69, 9.17) is 14.9 Å². The van der Waals surface area contributed by atoms with Crippen LogP contribution in [0.4, 0.5) is 9.18 Å². The Morgan fingerprint density at radius 1 is 1.23 bits per heavy atom. The molecule has 194 valence electrons. The maximum Gasteiger partial charge on any atom is 0.359 e. The third-order valence-corrected chi connectivity index (χ3v) is 4.88. The van der Waals surface area contributed by atoms with Crippen LogP contribution in [0.5, 0.6) is 5.88 Å². The fraction of sp³-hybridized carbons (Fsp3) is 0.579. The Hall–Kier alpha value is -3.47. The molecular weight excluding hydrogens is 475 g/mol. The molecule has 2 aromatic rings. The Labute approximate surface area is 196 Å². The van der Waals surface area contributed by atoms with Gasteiger partial charge < -0.3 is 30.5 Å². The van der Waals surface area contributed by atoms with E-state index >= 15 is 0 Å². The fourth-order valence-corrected chi connectivity index (χ4v) is 3.03. The van der Waals surface area contributed by atoms with E-state index in [1.807, 2.05) is 4.98 Å². The summed E-state index contributed by atoms with van der Waals surface area (Å²) in [4.78, 5) is 49.9. The zero-order chi connectivity index (χ0) is 26.1. The van der Waals surface area contributed by atoms with Crippen LogP contribution in [0.3, 0.4) is 0 Å². The molecule has 1 saturated heterocycles. The second-order valence-corrected chi connectivity index (χ2v) is 7.47. The molecule has 0 bridgehead atoms. The average Bonchev–Trinajstić information content (AvgIpc) is 3.10. The number of halogens is 1. The van der Waals surface area contributed by atoms with Gasteiger partial charge in [0.1, 0.15) is 24.5 Å². The predicted molar refractivity (Wildman–Crippen MR) is 115 cm³/mol. The van der Waals surface area contributed by atoms with Gasteiger partial charge >= 0.3 is 17.4 Å². The number of nitrogens with zero attached hydrogens (tertiary/aromatic N) is 4. The summed E-state index contributed by atoms with van der Waals surface area (Å²) < 4.78 is 19.2. The van der Waals surface area contributed by atoms with Gasteiger partial charge in [-0.3, -0.25) is 9.78 Å². The lowest BCUT2D eigenvalue weighted by atomic mass is 10.1. The number of aliphatic hydroxyl groups excluding tert-OH is 3. The van der Waals surface area contributed by atoms with Gasteiger partial charge in [-0.15, -0.1) is 0 Å². The van der Waals surface area contributed by atoms with Crippen LogP contribution in [0.1, 0.15) is 38.8 Å². The van der Waals surface area contributed by atoms with Crippen molar-refractivity contribution in [3.8, 4) is 5.88 Å². The number of nitrogens with one attached hydrogen (secondary N) is 2. The van der Waals surface area contributed by atoms with E-state index in [9.17, 15) is 33.8 Å². The molecule has 35 heavy (non-hydrogen) atoms. The van der Waals surface area contributed by atoms with E-state index in [-0.39, 0.29) is 0 Å². The number of ether oxygens (including phenoxy) is 1. The normalized spacial score (nSPS) is 21.3. The van der Waals surface area contributed by atoms with Crippen LogP contribution in [-0.2, 0) is 4.74 Å². The largest absolute Gasteiger partial charge is 0.491 e. The lowest BCUT2D eigenvalue weighted by Crippen LogP contribution is -2.39. The van der Waals surface area contributed by atoms with Gasteiger partial charge in [-0.05, 0) is 6.42 Å². The van der Waals surface area contributed by atoms with Crippen LogP contribution < -0.4 is 22.3 Å². The highest BCUT2D eigenvalue weighted by Gasteiger charge is 2.44. The molecule has 1 fully saturated rings. The van der Waals surface area contributed by atoms with E-state index < -0.39 is 65.8 Å². The van der Waals surface area contributed by atoms with Crippen LogP contribution >= 0.6 is 0 Å². The van der Waals surface area contributed by atoms with Crippen molar-refractivity contribution in [3.05, 3.63) is 49.5 Å². The maximum absolute atomic E-state index is 13.0. The van der Waals surface area contributed by atoms with Crippen molar-refractivity contribution in [1.29, 1.82) is 0 Å². The number of aromatic hydroxyl groups is 1. The molecule has 0 aliphatic carbocycles. The van der Waals surface area contributed by atoms with Crippen molar-refractivity contribution in [1.82, 2.24) is 29.6 Å². The Bertz CT molecular complexity index is 1170. The van der Waals surface area contributed by atoms with Crippen molar-refractivity contribution in [2.45, 2.75) is 57.1 Å². The second kappa shape index (κ2) is 12.8. The number of aliphatic hydroxyl groups is 3. The molecule has 2 aromatic heterocycles. The molecule has 1 amide bonds. The number of carbonyl (C=O) groups is 1. The van der Waals surface area contributed by atoms with Crippen molar-refractivity contribution in [2.75, 3.05) is 13.2 Å². The molecular formula is C19H27FN6O9. The third-order valence-electron chi connectivity index (χ3n) is 4.88. The first-order valence-corrected chi connectivity index (χ1v) is 10.7. The second-order valence-electron chi connectivity index (χ2n) is 7.47. The van der Waals surface area contributed by atoms with E-state index in [1.54, 1.807) is 0 Å². The minimum atomic E-state index is -1.41. The topological polar surface area (TPSA) is 222 Å². The number of carbonyl (C=O) groups excluding carboxylic acids is 1. The Morgan fingerprint density at radius 2 is 1.94 bits per heavy atom. The maximum atomic E-state index is 13.0. The van der Waals surface area contributed by atoms with E-state index in [0.29, 0.717) is 22.0 Å². The van der Waals surface area contributed by atoms with Crippen LogP contribution in [0.15, 0.2) is 26.8 Å². The number of hydrogen-bond acceptors (Lipinski definition) is 11. The monoisotopic (exact) mass is 502 g/mol. The first-order valence-electron chi connectivity index (χ1n) is 10.7. The van der Waals surface area contributed by atoms with Crippen molar-refractivity contribution < 1.29 is 34.3 Å². The Balaban J connectivity index is 0.000000247. The first kappa shape index (κ1) is 27.8. The lowest BCUT2D eigenvalue weighted by Gasteiger charge is -2.14. The Kier molecular flexibility index (Phi) is 10.2. The average molecular weight is 502 g/mol. The summed E-state index contributed by atoms with van der Waals surface area (Å²) in [5.41, 5.74) is -2.56. The molecule has 0 aromatic carbocycles. The lowest BCUT2D eigenvalue weighted by molar-refractivity contribution is -0.0618. The molecule has 3 heterocycles. The van der Waals surface area contributed by atoms with E-state index in [0.717, 1.165) is 31.9 Å². The molecule has 3 rings (SSSR count). The SMILES string of the molecule is CCCCCCNC(=O)n1cc(F)c(O)nc1=O.O=c1cnn([C@@H]2O[C@H](CO)[C@@H](O)[C@H]2O)c(=O)[nH]1. The van der Waals surface area contributed by atoms with Crippen molar-refractivity contribution >= 4 is 6.03 Å².